The van der Waals surface area contributed by atoms with E-state index in [1.54, 1.807) is 0 Å². The predicted octanol–water partition coefficient (Wildman–Crippen LogP) is 16.9. The SMILES string of the molecule is CC/C=C\C/C=C\C/C=C\C/C=C\CCCCC(=O)OCC(COCCCCCCCCCCCCCCCC)OC(=O)CCCCCCC/C=C\C/C=C\C/C=C\CC. The van der Waals surface area contributed by atoms with Crippen LogP contribution >= 0.6 is 0 Å². The molecule has 1 unspecified atom stereocenters. The molecule has 1 atom stereocenters. The first-order valence-corrected chi connectivity index (χ1v) is 25.1. The molecule has 0 radical (unpaired) electrons. The van der Waals surface area contributed by atoms with Gasteiger partial charge in [-0.2, -0.15) is 0 Å². The molecule has 0 saturated carbocycles. The Morgan fingerprint density at radius 3 is 1.23 bits per heavy atom. The van der Waals surface area contributed by atoms with E-state index in [9.17, 15) is 9.59 Å². The monoisotopic (exact) mass is 835 g/mol. The van der Waals surface area contributed by atoms with Crippen LogP contribution in [0.2, 0.25) is 0 Å². The lowest BCUT2D eigenvalue weighted by Crippen LogP contribution is -2.30. The summed E-state index contributed by atoms with van der Waals surface area (Å²) in [6.07, 6.45) is 65.9. The van der Waals surface area contributed by atoms with Crippen molar-refractivity contribution < 1.29 is 23.8 Å². The molecular weight excluding hydrogens is 741 g/mol. The number of ether oxygens (including phenoxy) is 3. The van der Waals surface area contributed by atoms with Crippen LogP contribution in [0.3, 0.4) is 0 Å². The normalized spacial score (nSPS) is 12.9. The average Bonchev–Trinajstić information content (AvgIpc) is 3.25. The third-order valence-electron chi connectivity index (χ3n) is 10.4. The van der Waals surface area contributed by atoms with E-state index >= 15 is 0 Å². The zero-order valence-corrected chi connectivity index (χ0v) is 39.5. The van der Waals surface area contributed by atoms with Crippen LogP contribution in [0.1, 0.15) is 226 Å². The molecule has 0 aromatic heterocycles. The van der Waals surface area contributed by atoms with E-state index in [2.05, 4.69) is 106 Å². The van der Waals surface area contributed by atoms with Crippen molar-refractivity contribution in [3.8, 4) is 0 Å². The van der Waals surface area contributed by atoms with Crippen LogP contribution in [0.4, 0.5) is 0 Å². The van der Waals surface area contributed by atoms with Crippen LogP contribution in [0.25, 0.3) is 0 Å². The van der Waals surface area contributed by atoms with Gasteiger partial charge in [0.25, 0.3) is 0 Å². The first kappa shape index (κ1) is 57.1. The Labute approximate surface area is 371 Å². The molecule has 0 aliphatic heterocycles. The number of carbonyl (C=O) groups excluding carboxylic acids is 2. The molecule has 344 valence electrons. The van der Waals surface area contributed by atoms with Gasteiger partial charge in [0.2, 0.25) is 0 Å². The highest BCUT2D eigenvalue weighted by atomic mass is 16.6. The fourth-order valence-corrected chi connectivity index (χ4v) is 6.75. The minimum absolute atomic E-state index is 0.0550. The number of unbranched alkanes of at least 4 members (excludes halogenated alkanes) is 20. The van der Waals surface area contributed by atoms with Gasteiger partial charge in [0, 0.05) is 19.4 Å². The van der Waals surface area contributed by atoms with Crippen molar-refractivity contribution in [2.45, 2.75) is 232 Å². The van der Waals surface area contributed by atoms with Gasteiger partial charge in [0.15, 0.2) is 6.10 Å². The minimum atomic E-state index is -0.563. The largest absolute Gasteiger partial charge is 0.462 e. The Morgan fingerprint density at radius 1 is 0.383 bits per heavy atom. The smallest absolute Gasteiger partial charge is 0.306 e. The Morgan fingerprint density at radius 2 is 0.750 bits per heavy atom. The van der Waals surface area contributed by atoms with Crippen LogP contribution < -0.4 is 0 Å². The molecule has 5 nitrogen and oxygen atoms in total. The van der Waals surface area contributed by atoms with Gasteiger partial charge in [0.1, 0.15) is 6.61 Å². The Hall–Kier alpha value is -2.92. The molecule has 0 rings (SSSR count). The topological polar surface area (TPSA) is 61.8 Å². The second-order valence-electron chi connectivity index (χ2n) is 16.3. The summed E-state index contributed by atoms with van der Waals surface area (Å²) >= 11 is 0. The van der Waals surface area contributed by atoms with Gasteiger partial charge in [-0.05, 0) is 89.9 Å². The highest BCUT2D eigenvalue weighted by molar-refractivity contribution is 5.70. The van der Waals surface area contributed by atoms with E-state index in [1.807, 2.05) is 0 Å². The molecular formula is C55H94O5. The first-order chi connectivity index (χ1) is 29.6. The number of carbonyl (C=O) groups is 2. The average molecular weight is 835 g/mol. The van der Waals surface area contributed by atoms with Crippen LogP contribution in [0.5, 0.6) is 0 Å². The van der Waals surface area contributed by atoms with Crippen molar-refractivity contribution in [1.29, 1.82) is 0 Å². The third-order valence-corrected chi connectivity index (χ3v) is 10.4. The number of esters is 2. The van der Waals surface area contributed by atoms with Gasteiger partial charge in [-0.15, -0.1) is 0 Å². The molecule has 0 aromatic rings. The summed E-state index contributed by atoms with van der Waals surface area (Å²) in [6, 6.07) is 0. The molecule has 0 heterocycles. The Bertz CT molecular complexity index is 1130. The van der Waals surface area contributed by atoms with Gasteiger partial charge < -0.3 is 14.2 Å². The number of rotatable bonds is 45. The Kier molecular flexibility index (Phi) is 48.0. The van der Waals surface area contributed by atoms with E-state index in [0.29, 0.717) is 19.4 Å². The summed E-state index contributed by atoms with van der Waals surface area (Å²) in [4.78, 5) is 25.4. The van der Waals surface area contributed by atoms with Crippen molar-refractivity contribution in [2.75, 3.05) is 19.8 Å². The van der Waals surface area contributed by atoms with E-state index in [1.165, 1.54) is 89.9 Å². The zero-order valence-electron chi connectivity index (χ0n) is 39.5. The molecule has 0 aliphatic carbocycles. The van der Waals surface area contributed by atoms with Crippen molar-refractivity contribution in [2.24, 2.45) is 0 Å². The maximum atomic E-state index is 12.8. The molecule has 0 bridgehead atoms. The van der Waals surface area contributed by atoms with Crippen LogP contribution in [0, 0.1) is 0 Å². The molecule has 5 heteroatoms. The lowest BCUT2D eigenvalue weighted by molar-refractivity contribution is -0.163. The molecule has 60 heavy (non-hydrogen) atoms. The van der Waals surface area contributed by atoms with Crippen LogP contribution in [-0.2, 0) is 23.8 Å². The third kappa shape index (κ3) is 47.8. The van der Waals surface area contributed by atoms with Crippen molar-refractivity contribution in [3.05, 3.63) is 85.1 Å². The van der Waals surface area contributed by atoms with Gasteiger partial charge >= 0.3 is 11.9 Å². The molecule has 0 amide bonds. The van der Waals surface area contributed by atoms with Crippen molar-refractivity contribution >= 4 is 11.9 Å². The highest BCUT2D eigenvalue weighted by Gasteiger charge is 2.17. The predicted molar refractivity (Wildman–Crippen MR) is 260 cm³/mol. The summed E-state index contributed by atoms with van der Waals surface area (Å²) in [6.45, 7) is 7.55. The maximum Gasteiger partial charge on any atom is 0.306 e. The first-order valence-electron chi connectivity index (χ1n) is 25.1. The van der Waals surface area contributed by atoms with E-state index in [4.69, 9.17) is 14.2 Å². The molecule has 0 spiro atoms. The summed E-state index contributed by atoms with van der Waals surface area (Å²) in [7, 11) is 0. The lowest BCUT2D eigenvalue weighted by Gasteiger charge is -2.18. The van der Waals surface area contributed by atoms with Crippen LogP contribution in [0.15, 0.2) is 85.1 Å². The van der Waals surface area contributed by atoms with E-state index < -0.39 is 6.10 Å². The maximum absolute atomic E-state index is 12.8. The molecule has 0 aliphatic rings. The van der Waals surface area contributed by atoms with Gasteiger partial charge in [0.05, 0.1) is 6.61 Å². The van der Waals surface area contributed by atoms with Crippen LogP contribution in [-0.4, -0.2) is 37.9 Å². The summed E-state index contributed by atoms with van der Waals surface area (Å²) in [5, 5.41) is 0. The lowest BCUT2D eigenvalue weighted by atomic mass is 10.0. The minimum Gasteiger partial charge on any atom is -0.462 e. The quantitative estimate of drug-likeness (QED) is 0.0347. The molecule has 0 saturated heterocycles. The van der Waals surface area contributed by atoms with E-state index in [0.717, 1.165) is 103 Å². The standard InChI is InChI=1S/C55H94O5/c1-4-7-10-13-16-19-22-25-28-30-33-36-39-42-45-48-54(56)59-52-53(51-58-50-47-44-41-38-35-32-27-24-21-18-15-12-9-6-3)60-55(57)49-46-43-40-37-34-31-29-26-23-20-17-14-11-8-5-2/h7-8,10-11,16-17,19-20,25-26,28-29,33,36,53H,4-6,9,12-15,18,21-24,27,30-32,34-35,37-52H2,1-3H3/b10-7-,11-8-,19-16-,20-17-,28-25-,29-26-,36-33-. The highest BCUT2D eigenvalue weighted by Crippen LogP contribution is 2.14. The summed E-state index contributed by atoms with van der Waals surface area (Å²) < 4.78 is 17.3. The zero-order chi connectivity index (χ0) is 43.5. The fourth-order valence-electron chi connectivity index (χ4n) is 6.75. The number of allylic oxidation sites excluding steroid dienone is 14. The summed E-state index contributed by atoms with van der Waals surface area (Å²) in [5.41, 5.74) is 0. The van der Waals surface area contributed by atoms with Gasteiger partial charge in [-0.3, -0.25) is 9.59 Å². The van der Waals surface area contributed by atoms with Crippen molar-refractivity contribution in [1.82, 2.24) is 0 Å². The molecule has 0 fully saturated rings. The second kappa shape index (κ2) is 50.4. The molecule has 0 aromatic carbocycles. The molecule has 0 N–H and O–H groups in total. The number of hydrogen-bond donors (Lipinski definition) is 0. The van der Waals surface area contributed by atoms with Crippen molar-refractivity contribution in [3.63, 3.8) is 0 Å². The second-order valence-corrected chi connectivity index (χ2v) is 16.3. The van der Waals surface area contributed by atoms with Gasteiger partial charge in [-0.25, -0.2) is 0 Å². The van der Waals surface area contributed by atoms with Gasteiger partial charge in [-0.1, -0.05) is 209 Å². The number of hydrogen-bond acceptors (Lipinski definition) is 5. The Balaban J connectivity index is 4.37. The fraction of sp³-hybridized carbons (Fsp3) is 0.709. The van der Waals surface area contributed by atoms with E-state index in [-0.39, 0.29) is 25.2 Å². The summed E-state index contributed by atoms with van der Waals surface area (Å²) in [5.74, 6) is -0.463.